The molecule has 1 aromatic carbocycles. The number of phenolic OH excluding ortho intramolecular Hbond substituents is 1. The van der Waals surface area contributed by atoms with E-state index in [0.717, 1.165) is 6.07 Å². The summed E-state index contributed by atoms with van der Waals surface area (Å²) in [6.45, 7) is 1.54. The first-order valence-corrected chi connectivity index (χ1v) is 9.87. The molecular weight excluding hydrogens is 434 g/mol. The number of carbonyl (C=O) groups excluding carboxylic acids is 2. The number of benzene rings is 1. The molecule has 0 radical (unpaired) electrons. The molecule has 10 nitrogen and oxygen atoms in total. The molecule has 0 aliphatic heterocycles. The highest BCUT2D eigenvalue weighted by Crippen LogP contribution is 2.37. The molecule has 0 aliphatic rings. The Balaban J connectivity index is 1.87. The molecule has 1 amide bonds. The molecule has 1 atom stereocenters. The van der Waals surface area contributed by atoms with Gasteiger partial charge in [-0.25, -0.2) is 4.79 Å². The Labute approximate surface area is 188 Å². The van der Waals surface area contributed by atoms with Crippen molar-refractivity contribution in [1.82, 2.24) is 5.32 Å². The maximum atomic E-state index is 12.7. The Bertz CT molecular complexity index is 1220. The molecule has 0 spiro atoms. The zero-order valence-corrected chi connectivity index (χ0v) is 18.2. The lowest BCUT2D eigenvalue weighted by Gasteiger charge is -2.18. The van der Waals surface area contributed by atoms with Gasteiger partial charge in [0, 0.05) is 12.5 Å². The van der Waals surface area contributed by atoms with E-state index >= 15 is 0 Å². The SMILES string of the molecule is COC(=O)c1ccc(CNC(=O)C[C@@H](c2ccc(O)c(OC)c2)c2oc(C)cc(=O)c2O)o1. The van der Waals surface area contributed by atoms with Crippen LogP contribution in [0.5, 0.6) is 17.2 Å². The molecule has 0 bridgehead atoms. The predicted octanol–water partition coefficient (Wildman–Crippen LogP) is 2.59. The summed E-state index contributed by atoms with van der Waals surface area (Å²) >= 11 is 0. The van der Waals surface area contributed by atoms with Crippen molar-refractivity contribution in [2.75, 3.05) is 14.2 Å². The lowest BCUT2D eigenvalue weighted by atomic mass is 9.91. The second kappa shape index (κ2) is 9.94. The molecule has 3 N–H and O–H groups in total. The molecule has 0 saturated carbocycles. The average Bonchev–Trinajstić information content (AvgIpc) is 3.27. The van der Waals surface area contributed by atoms with Crippen LogP contribution in [-0.2, 0) is 16.1 Å². The van der Waals surface area contributed by atoms with Crippen molar-refractivity contribution >= 4 is 11.9 Å². The van der Waals surface area contributed by atoms with Crippen molar-refractivity contribution in [3.05, 3.63) is 75.2 Å². The third-order valence-corrected chi connectivity index (χ3v) is 4.89. The highest BCUT2D eigenvalue weighted by molar-refractivity contribution is 5.86. The number of hydrogen-bond donors (Lipinski definition) is 3. The fourth-order valence-corrected chi connectivity index (χ4v) is 3.26. The van der Waals surface area contributed by atoms with Gasteiger partial charge in [-0.3, -0.25) is 9.59 Å². The van der Waals surface area contributed by atoms with E-state index in [1.165, 1.54) is 44.6 Å². The number of aryl methyl sites for hydroxylation is 1. The molecule has 2 heterocycles. The van der Waals surface area contributed by atoms with Crippen LogP contribution >= 0.6 is 0 Å². The minimum Gasteiger partial charge on any atom is -0.504 e. The van der Waals surface area contributed by atoms with Gasteiger partial charge in [-0.15, -0.1) is 0 Å². The number of esters is 1. The first-order chi connectivity index (χ1) is 15.7. The zero-order chi connectivity index (χ0) is 24.1. The van der Waals surface area contributed by atoms with Gasteiger partial charge >= 0.3 is 5.97 Å². The van der Waals surface area contributed by atoms with Crippen LogP contribution in [-0.4, -0.2) is 36.3 Å². The minimum absolute atomic E-state index is 0.00210. The van der Waals surface area contributed by atoms with Crippen molar-refractivity contribution in [2.24, 2.45) is 0 Å². The summed E-state index contributed by atoms with van der Waals surface area (Å²) in [6.07, 6.45) is -0.210. The van der Waals surface area contributed by atoms with E-state index in [0.29, 0.717) is 11.3 Å². The highest BCUT2D eigenvalue weighted by atomic mass is 16.5. The van der Waals surface area contributed by atoms with Crippen LogP contribution in [0, 0.1) is 6.92 Å². The topological polar surface area (TPSA) is 148 Å². The van der Waals surface area contributed by atoms with Crippen molar-refractivity contribution in [2.45, 2.75) is 25.8 Å². The quantitative estimate of drug-likeness (QED) is 0.434. The number of ether oxygens (including phenoxy) is 2. The third-order valence-electron chi connectivity index (χ3n) is 4.89. The maximum absolute atomic E-state index is 12.7. The number of aromatic hydroxyl groups is 2. The summed E-state index contributed by atoms with van der Waals surface area (Å²) in [6, 6.07) is 8.50. The number of amides is 1. The third kappa shape index (κ3) is 5.35. The summed E-state index contributed by atoms with van der Waals surface area (Å²) in [5.41, 5.74) is -0.175. The number of carbonyl (C=O) groups is 2. The molecular formula is C23H23NO9. The first kappa shape index (κ1) is 23.5. The van der Waals surface area contributed by atoms with Gasteiger partial charge in [-0.1, -0.05) is 6.07 Å². The molecule has 174 valence electrons. The molecule has 0 saturated heterocycles. The Morgan fingerprint density at radius 2 is 1.85 bits per heavy atom. The van der Waals surface area contributed by atoms with Crippen LogP contribution in [0.2, 0.25) is 0 Å². The van der Waals surface area contributed by atoms with Crippen molar-refractivity contribution in [3.8, 4) is 17.2 Å². The number of furan rings is 1. The zero-order valence-electron chi connectivity index (χ0n) is 18.2. The Hall–Kier alpha value is -4.21. The monoisotopic (exact) mass is 457 g/mol. The van der Waals surface area contributed by atoms with E-state index in [1.807, 2.05) is 0 Å². The molecule has 2 aromatic heterocycles. The van der Waals surface area contributed by atoms with Gasteiger partial charge in [0.2, 0.25) is 22.8 Å². The van der Waals surface area contributed by atoms with Crippen LogP contribution in [0.4, 0.5) is 0 Å². The minimum atomic E-state index is -0.866. The van der Waals surface area contributed by atoms with Crippen LogP contribution in [0.15, 0.2) is 50.0 Å². The Kier molecular flexibility index (Phi) is 7.07. The van der Waals surface area contributed by atoms with Crippen LogP contribution in [0.3, 0.4) is 0 Å². The normalized spacial score (nSPS) is 11.6. The number of nitrogens with one attached hydrogen (secondary N) is 1. The van der Waals surface area contributed by atoms with Gasteiger partial charge < -0.3 is 33.8 Å². The second-order valence-corrected chi connectivity index (χ2v) is 7.16. The van der Waals surface area contributed by atoms with E-state index in [9.17, 15) is 24.6 Å². The molecule has 0 unspecified atom stereocenters. The molecule has 3 aromatic rings. The fourth-order valence-electron chi connectivity index (χ4n) is 3.26. The van der Waals surface area contributed by atoms with Gasteiger partial charge in [0.05, 0.1) is 26.7 Å². The van der Waals surface area contributed by atoms with Gasteiger partial charge in [0.25, 0.3) is 0 Å². The Morgan fingerprint density at radius 3 is 2.55 bits per heavy atom. The standard InChI is InChI=1S/C23H23NO9/c1-12-8-17(26)21(28)22(32-12)15(13-4-6-16(25)19(9-13)30-2)10-20(27)24-11-14-5-7-18(33-14)23(29)31-3/h4-9,15,25,28H,10-11H2,1-3H3,(H,24,27)/t15-/m0/s1. The number of phenols is 1. The summed E-state index contributed by atoms with van der Waals surface area (Å²) in [5.74, 6) is -2.03. The summed E-state index contributed by atoms with van der Waals surface area (Å²) in [5, 5.41) is 22.9. The first-order valence-electron chi connectivity index (χ1n) is 9.87. The maximum Gasteiger partial charge on any atom is 0.373 e. The van der Waals surface area contributed by atoms with Gasteiger partial charge in [0.15, 0.2) is 17.3 Å². The van der Waals surface area contributed by atoms with Crippen molar-refractivity contribution in [3.63, 3.8) is 0 Å². The molecule has 33 heavy (non-hydrogen) atoms. The number of hydrogen-bond acceptors (Lipinski definition) is 9. The van der Waals surface area contributed by atoms with Crippen LogP contribution < -0.4 is 15.5 Å². The van der Waals surface area contributed by atoms with Gasteiger partial charge in [0.1, 0.15) is 11.5 Å². The van der Waals surface area contributed by atoms with Crippen LogP contribution in [0.25, 0.3) is 0 Å². The molecule has 0 aliphatic carbocycles. The predicted molar refractivity (Wildman–Crippen MR) is 114 cm³/mol. The largest absolute Gasteiger partial charge is 0.504 e. The second-order valence-electron chi connectivity index (χ2n) is 7.16. The Morgan fingerprint density at radius 1 is 1.09 bits per heavy atom. The lowest BCUT2D eigenvalue weighted by Crippen LogP contribution is -2.25. The summed E-state index contributed by atoms with van der Waals surface area (Å²) in [7, 11) is 2.60. The van der Waals surface area contributed by atoms with Crippen LogP contribution in [0.1, 0.15) is 45.7 Å². The average molecular weight is 457 g/mol. The fraction of sp³-hybridized carbons (Fsp3) is 0.261. The van der Waals surface area contributed by atoms with Crippen molar-refractivity contribution < 1.29 is 38.1 Å². The number of methoxy groups -OCH3 is 2. The lowest BCUT2D eigenvalue weighted by molar-refractivity contribution is -0.121. The summed E-state index contributed by atoms with van der Waals surface area (Å²) < 4.78 is 20.6. The van der Waals surface area contributed by atoms with E-state index in [1.54, 1.807) is 6.92 Å². The van der Waals surface area contributed by atoms with Gasteiger partial charge in [-0.05, 0) is 36.8 Å². The van der Waals surface area contributed by atoms with Gasteiger partial charge in [-0.2, -0.15) is 0 Å². The van der Waals surface area contributed by atoms with E-state index in [-0.39, 0.29) is 41.7 Å². The highest BCUT2D eigenvalue weighted by Gasteiger charge is 2.27. The van der Waals surface area contributed by atoms with E-state index in [2.05, 4.69) is 10.1 Å². The molecule has 10 heteroatoms. The molecule has 0 fully saturated rings. The van der Waals surface area contributed by atoms with Crippen molar-refractivity contribution in [1.29, 1.82) is 0 Å². The summed E-state index contributed by atoms with van der Waals surface area (Å²) in [4.78, 5) is 36.4. The van der Waals surface area contributed by atoms with E-state index in [4.69, 9.17) is 13.6 Å². The smallest absolute Gasteiger partial charge is 0.373 e. The number of rotatable bonds is 8. The van der Waals surface area contributed by atoms with E-state index < -0.39 is 29.0 Å². The molecule has 3 rings (SSSR count).